The summed E-state index contributed by atoms with van der Waals surface area (Å²) >= 11 is 0. The largest absolute Gasteiger partial charge is 0.277 e. The normalized spacial score (nSPS) is 16.5. The molecule has 0 bridgehead atoms. The Labute approximate surface area is 139 Å². The fourth-order valence-electron chi connectivity index (χ4n) is 3.19. The molecule has 4 rings (SSSR count). The van der Waals surface area contributed by atoms with Gasteiger partial charge < -0.3 is 0 Å². The van der Waals surface area contributed by atoms with Gasteiger partial charge in [-0.3, -0.25) is 18.8 Å². The lowest BCUT2D eigenvalue weighted by Gasteiger charge is -2.19. The summed E-state index contributed by atoms with van der Waals surface area (Å²) in [5.41, 5.74) is 2.02. The lowest BCUT2D eigenvalue weighted by molar-refractivity contribution is 0.0693. The second-order valence-electron chi connectivity index (χ2n) is 5.83. The van der Waals surface area contributed by atoms with Crippen molar-refractivity contribution >= 4 is 27.5 Å². The number of carbonyl (C=O) groups is 2. The van der Waals surface area contributed by atoms with E-state index in [1.807, 2.05) is 12.1 Å². The van der Waals surface area contributed by atoms with Crippen LogP contribution in [0.4, 0.5) is 5.69 Å². The maximum absolute atomic E-state index is 13.0. The summed E-state index contributed by atoms with van der Waals surface area (Å²) in [6.07, 6.45) is 0.653. The Hall–Kier alpha value is -2.67. The van der Waals surface area contributed by atoms with Gasteiger partial charge in [0.15, 0.2) is 0 Å². The van der Waals surface area contributed by atoms with Crippen molar-refractivity contribution in [1.29, 1.82) is 0 Å². The van der Waals surface area contributed by atoms with Crippen molar-refractivity contribution in [2.24, 2.45) is 0 Å². The van der Waals surface area contributed by atoms with Crippen LogP contribution in [0.2, 0.25) is 0 Å². The molecule has 0 unspecified atom stereocenters. The van der Waals surface area contributed by atoms with Crippen molar-refractivity contribution in [3.8, 4) is 0 Å². The van der Waals surface area contributed by atoms with Crippen molar-refractivity contribution in [1.82, 2.24) is 4.90 Å². The standard InChI is InChI=1S/C17H14N2O4S/c1-18-16(20)13-7-6-12(10-14(13)17(18)21)24(22,23)19-9-8-11-4-2-3-5-15(11)19/h2-7,10H,8-9H2,1H3. The quantitative estimate of drug-likeness (QED) is 0.778. The SMILES string of the molecule is CN1C(=O)c2ccc(S(=O)(=O)N3CCc4ccccc43)cc2C1=O. The van der Waals surface area contributed by atoms with E-state index in [0.29, 0.717) is 18.7 Å². The number of fused-ring (bicyclic) bond motifs is 2. The Morgan fingerprint density at radius 2 is 1.67 bits per heavy atom. The van der Waals surface area contributed by atoms with Gasteiger partial charge >= 0.3 is 0 Å². The highest BCUT2D eigenvalue weighted by Gasteiger charge is 2.36. The van der Waals surface area contributed by atoms with Crippen molar-refractivity contribution in [2.75, 3.05) is 17.9 Å². The summed E-state index contributed by atoms with van der Waals surface area (Å²) in [5, 5.41) is 0. The molecule has 0 aromatic heterocycles. The van der Waals surface area contributed by atoms with Crippen LogP contribution in [0.1, 0.15) is 26.3 Å². The second kappa shape index (κ2) is 4.91. The first kappa shape index (κ1) is 14.9. The number of amides is 2. The number of imide groups is 1. The van der Waals surface area contributed by atoms with Crippen molar-refractivity contribution in [3.63, 3.8) is 0 Å². The Morgan fingerprint density at radius 1 is 0.958 bits per heavy atom. The van der Waals surface area contributed by atoms with Gasteiger partial charge in [-0.05, 0) is 36.2 Å². The van der Waals surface area contributed by atoms with Crippen LogP contribution in [0.3, 0.4) is 0 Å². The van der Waals surface area contributed by atoms with Crippen LogP contribution in [-0.2, 0) is 16.4 Å². The number of anilines is 1. The Balaban J connectivity index is 1.81. The first-order chi connectivity index (χ1) is 11.4. The van der Waals surface area contributed by atoms with Gasteiger partial charge in [-0.1, -0.05) is 18.2 Å². The number of rotatable bonds is 2. The van der Waals surface area contributed by atoms with Gasteiger partial charge in [0.05, 0.1) is 21.7 Å². The minimum atomic E-state index is -3.78. The third kappa shape index (κ3) is 1.91. The van der Waals surface area contributed by atoms with Gasteiger partial charge in [0.25, 0.3) is 21.8 Å². The van der Waals surface area contributed by atoms with E-state index < -0.39 is 21.8 Å². The van der Waals surface area contributed by atoms with Crippen LogP contribution in [-0.4, -0.2) is 38.7 Å². The highest BCUT2D eigenvalue weighted by Crippen LogP contribution is 2.34. The van der Waals surface area contributed by atoms with Crippen molar-refractivity contribution < 1.29 is 18.0 Å². The zero-order valence-electron chi connectivity index (χ0n) is 12.9. The molecule has 2 amide bonds. The number of para-hydroxylation sites is 1. The zero-order chi connectivity index (χ0) is 17.1. The van der Waals surface area contributed by atoms with Gasteiger partial charge in [-0.2, -0.15) is 0 Å². The summed E-state index contributed by atoms with van der Waals surface area (Å²) in [7, 11) is -2.40. The Kier molecular flexibility index (Phi) is 3.05. The minimum Gasteiger partial charge on any atom is -0.277 e. The number of nitrogens with zero attached hydrogens (tertiary/aromatic N) is 2. The molecule has 0 saturated carbocycles. The van der Waals surface area contributed by atoms with E-state index in [4.69, 9.17) is 0 Å². The summed E-state index contributed by atoms with van der Waals surface area (Å²) < 4.78 is 27.3. The van der Waals surface area contributed by atoms with Crippen LogP contribution in [0.25, 0.3) is 0 Å². The van der Waals surface area contributed by atoms with E-state index in [1.165, 1.54) is 29.6 Å². The van der Waals surface area contributed by atoms with Gasteiger partial charge in [0, 0.05) is 13.6 Å². The molecule has 2 heterocycles. The molecule has 7 heteroatoms. The van der Waals surface area contributed by atoms with Crippen LogP contribution >= 0.6 is 0 Å². The molecule has 2 aromatic carbocycles. The Morgan fingerprint density at radius 3 is 2.46 bits per heavy atom. The van der Waals surface area contributed by atoms with Crippen molar-refractivity contribution in [2.45, 2.75) is 11.3 Å². The fourth-order valence-corrected chi connectivity index (χ4v) is 4.72. The molecule has 0 saturated heterocycles. The van der Waals surface area contributed by atoms with E-state index in [2.05, 4.69) is 0 Å². The smallest absolute Gasteiger partial charge is 0.264 e. The average Bonchev–Trinajstić information content (AvgIpc) is 3.11. The predicted molar refractivity (Wildman–Crippen MR) is 87.5 cm³/mol. The molecule has 6 nitrogen and oxygen atoms in total. The molecule has 24 heavy (non-hydrogen) atoms. The highest BCUT2D eigenvalue weighted by molar-refractivity contribution is 7.92. The van der Waals surface area contributed by atoms with E-state index in [1.54, 1.807) is 12.1 Å². The first-order valence-corrected chi connectivity index (χ1v) is 8.92. The molecule has 0 N–H and O–H groups in total. The van der Waals surface area contributed by atoms with Crippen LogP contribution < -0.4 is 4.31 Å². The fraction of sp³-hybridized carbons (Fsp3) is 0.176. The molecule has 2 aromatic rings. The zero-order valence-corrected chi connectivity index (χ0v) is 13.7. The van der Waals surface area contributed by atoms with Gasteiger partial charge in [-0.15, -0.1) is 0 Å². The highest BCUT2D eigenvalue weighted by atomic mass is 32.2. The molecule has 0 aliphatic carbocycles. The predicted octanol–water partition coefficient (Wildman–Crippen LogP) is 1.66. The monoisotopic (exact) mass is 342 g/mol. The van der Waals surface area contributed by atoms with Crippen LogP contribution in [0.5, 0.6) is 0 Å². The second-order valence-corrected chi connectivity index (χ2v) is 7.69. The maximum atomic E-state index is 13.0. The van der Waals surface area contributed by atoms with Gasteiger partial charge in [0.2, 0.25) is 0 Å². The van der Waals surface area contributed by atoms with E-state index in [0.717, 1.165) is 10.5 Å². The van der Waals surface area contributed by atoms with Gasteiger partial charge in [-0.25, -0.2) is 8.42 Å². The molecule has 0 spiro atoms. The molecule has 2 aliphatic rings. The van der Waals surface area contributed by atoms with Crippen LogP contribution in [0, 0.1) is 0 Å². The Bertz CT molecular complexity index is 997. The van der Waals surface area contributed by atoms with Crippen molar-refractivity contribution in [3.05, 3.63) is 59.2 Å². The molecular weight excluding hydrogens is 328 g/mol. The third-order valence-electron chi connectivity index (χ3n) is 4.49. The van der Waals surface area contributed by atoms with Crippen LogP contribution in [0.15, 0.2) is 47.4 Å². The van der Waals surface area contributed by atoms with E-state index >= 15 is 0 Å². The maximum Gasteiger partial charge on any atom is 0.264 e. The molecule has 122 valence electrons. The number of carbonyl (C=O) groups excluding carboxylic acids is 2. The number of hydrogen-bond donors (Lipinski definition) is 0. The molecule has 2 aliphatic heterocycles. The number of sulfonamides is 1. The number of hydrogen-bond acceptors (Lipinski definition) is 4. The summed E-state index contributed by atoms with van der Waals surface area (Å²) in [4.78, 5) is 25.1. The van der Waals surface area contributed by atoms with E-state index in [9.17, 15) is 18.0 Å². The van der Waals surface area contributed by atoms with Gasteiger partial charge in [0.1, 0.15) is 0 Å². The first-order valence-electron chi connectivity index (χ1n) is 7.48. The molecule has 0 atom stereocenters. The van der Waals surface area contributed by atoms with E-state index in [-0.39, 0.29) is 16.0 Å². The summed E-state index contributed by atoms with van der Waals surface area (Å²) in [6.45, 7) is 0.367. The average molecular weight is 342 g/mol. The summed E-state index contributed by atoms with van der Waals surface area (Å²) in [6, 6.07) is 11.5. The summed E-state index contributed by atoms with van der Waals surface area (Å²) in [5.74, 6) is -0.890. The molecule has 0 fully saturated rings. The minimum absolute atomic E-state index is 0.0226. The molecule has 0 radical (unpaired) electrons. The lowest BCUT2D eigenvalue weighted by atomic mass is 10.1. The lowest BCUT2D eigenvalue weighted by Crippen LogP contribution is -2.29. The number of benzene rings is 2. The topological polar surface area (TPSA) is 74.8 Å². The molecular formula is C17H14N2O4S. The third-order valence-corrected chi connectivity index (χ3v) is 6.30.